The van der Waals surface area contributed by atoms with Crippen molar-refractivity contribution in [2.24, 2.45) is 0 Å². The predicted molar refractivity (Wildman–Crippen MR) is 261 cm³/mol. The van der Waals surface area contributed by atoms with E-state index in [1.807, 2.05) is 0 Å². The topological polar surface area (TPSA) is 78.9 Å². The van der Waals surface area contributed by atoms with Crippen molar-refractivity contribution in [3.63, 3.8) is 0 Å². The molecule has 0 fully saturated rings. The van der Waals surface area contributed by atoms with Crippen LogP contribution in [-0.2, 0) is 28.6 Å². The molecule has 0 radical (unpaired) electrons. The first-order chi connectivity index (χ1) is 30.0. The van der Waals surface area contributed by atoms with Gasteiger partial charge in [-0.1, -0.05) is 278 Å². The van der Waals surface area contributed by atoms with Crippen molar-refractivity contribution >= 4 is 17.9 Å². The van der Waals surface area contributed by atoms with Gasteiger partial charge in [-0.25, -0.2) is 0 Å². The van der Waals surface area contributed by atoms with Crippen LogP contribution in [0.3, 0.4) is 0 Å². The monoisotopic (exact) mass is 863 g/mol. The number of hydrogen-bond donors (Lipinski definition) is 0. The quantitative estimate of drug-likeness (QED) is 0.0344. The third kappa shape index (κ3) is 49.3. The Hall–Kier alpha value is -1.59. The van der Waals surface area contributed by atoms with Crippen LogP contribution >= 0.6 is 0 Å². The highest BCUT2D eigenvalue weighted by Crippen LogP contribution is 2.17. The van der Waals surface area contributed by atoms with Crippen LogP contribution in [0.2, 0.25) is 0 Å². The number of carbonyl (C=O) groups excluding carboxylic acids is 3. The summed E-state index contributed by atoms with van der Waals surface area (Å²) in [6.45, 7) is 6.66. The van der Waals surface area contributed by atoms with Crippen LogP contribution in [0.5, 0.6) is 0 Å². The SMILES string of the molecule is CCCCCCCCCCCCCCCCCCCCCC(=O)OC[C@H](COC(=O)CCCCCCCCC)OC(=O)CCCCCCCCCCCCCCCCCCC. The first kappa shape index (κ1) is 59.4. The van der Waals surface area contributed by atoms with Crippen LogP contribution in [0.1, 0.15) is 316 Å². The average Bonchev–Trinajstić information content (AvgIpc) is 3.26. The molecule has 0 saturated heterocycles. The van der Waals surface area contributed by atoms with Gasteiger partial charge < -0.3 is 14.2 Å². The first-order valence-electron chi connectivity index (χ1n) is 27.5. The summed E-state index contributed by atoms with van der Waals surface area (Å²) < 4.78 is 16.8. The molecule has 6 nitrogen and oxygen atoms in total. The van der Waals surface area contributed by atoms with Gasteiger partial charge in [0.15, 0.2) is 6.10 Å². The fourth-order valence-electron chi connectivity index (χ4n) is 8.45. The van der Waals surface area contributed by atoms with Crippen molar-refractivity contribution in [1.29, 1.82) is 0 Å². The van der Waals surface area contributed by atoms with Gasteiger partial charge in [-0.2, -0.15) is 0 Å². The van der Waals surface area contributed by atoms with Crippen LogP contribution in [0.25, 0.3) is 0 Å². The van der Waals surface area contributed by atoms with E-state index in [0.717, 1.165) is 57.8 Å². The molecule has 0 bridgehead atoms. The van der Waals surface area contributed by atoms with Crippen molar-refractivity contribution in [2.45, 2.75) is 322 Å². The van der Waals surface area contributed by atoms with Gasteiger partial charge in [-0.15, -0.1) is 0 Å². The zero-order chi connectivity index (χ0) is 44.4. The van der Waals surface area contributed by atoms with Gasteiger partial charge >= 0.3 is 17.9 Å². The van der Waals surface area contributed by atoms with Gasteiger partial charge in [0.1, 0.15) is 13.2 Å². The number of esters is 3. The van der Waals surface area contributed by atoms with Crippen LogP contribution in [0.4, 0.5) is 0 Å². The normalized spacial score (nSPS) is 11.9. The number of carbonyl (C=O) groups is 3. The molecule has 0 heterocycles. The van der Waals surface area contributed by atoms with Gasteiger partial charge in [-0.05, 0) is 19.3 Å². The molecule has 0 aliphatic rings. The van der Waals surface area contributed by atoms with E-state index in [1.54, 1.807) is 0 Å². The lowest BCUT2D eigenvalue weighted by molar-refractivity contribution is -0.167. The highest BCUT2D eigenvalue weighted by atomic mass is 16.6. The molecule has 0 aromatic carbocycles. The van der Waals surface area contributed by atoms with E-state index in [0.29, 0.717) is 19.3 Å². The summed E-state index contributed by atoms with van der Waals surface area (Å²) in [5.74, 6) is -0.845. The molecule has 1 atom stereocenters. The third-order valence-corrected chi connectivity index (χ3v) is 12.6. The lowest BCUT2D eigenvalue weighted by Gasteiger charge is -2.18. The minimum Gasteiger partial charge on any atom is -0.462 e. The molecule has 0 aliphatic carbocycles. The second kappa shape index (κ2) is 51.0. The Morgan fingerprint density at radius 3 is 0.656 bits per heavy atom. The van der Waals surface area contributed by atoms with E-state index < -0.39 is 6.10 Å². The zero-order valence-electron chi connectivity index (χ0n) is 41.5. The summed E-state index contributed by atoms with van der Waals surface area (Å²) in [6, 6.07) is 0. The zero-order valence-corrected chi connectivity index (χ0v) is 41.5. The summed E-state index contributed by atoms with van der Waals surface area (Å²) >= 11 is 0. The summed E-state index contributed by atoms with van der Waals surface area (Å²) in [7, 11) is 0. The van der Waals surface area contributed by atoms with Crippen molar-refractivity contribution in [3.05, 3.63) is 0 Å². The lowest BCUT2D eigenvalue weighted by Crippen LogP contribution is -2.30. The Labute approximate surface area is 380 Å². The summed E-state index contributed by atoms with van der Waals surface area (Å²) in [5, 5.41) is 0. The molecular weight excluding hydrogens is 757 g/mol. The molecule has 0 aliphatic heterocycles. The van der Waals surface area contributed by atoms with E-state index in [4.69, 9.17) is 14.2 Å². The predicted octanol–water partition coefficient (Wildman–Crippen LogP) is 18.0. The van der Waals surface area contributed by atoms with E-state index >= 15 is 0 Å². The second-order valence-corrected chi connectivity index (χ2v) is 18.9. The van der Waals surface area contributed by atoms with E-state index in [2.05, 4.69) is 20.8 Å². The molecule has 0 aromatic heterocycles. The van der Waals surface area contributed by atoms with Gasteiger partial charge in [0.2, 0.25) is 0 Å². The number of ether oxygens (including phenoxy) is 3. The van der Waals surface area contributed by atoms with Crippen molar-refractivity contribution < 1.29 is 28.6 Å². The van der Waals surface area contributed by atoms with E-state index in [1.165, 1.54) is 218 Å². The Bertz CT molecular complexity index is 905. The number of hydrogen-bond acceptors (Lipinski definition) is 6. The molecule has 0 unspecified atom stereocenters. The molecule has 0 spiro atoms. The maximum Gasteiger partial charge on any atom is 0.306 e. The minimum atomic E-state index is -0.759. The highest BCUT2D eigenvalue weighted by molar-refractivity contribution is 5.71. The second-order valence-electron chi connectivity index (χ2n) is 18.9. The largest absolute Gasteiger partial charge is 0.462 e. The number of rotatable bonds is 51. The Kier molecular flexibility index (Phi) is 49.7. The van der Waals surface area contributed by atoms with Crippen LogP contribution in [-0.4, -0.2) is 37.2 Å². The number of unbranched alkanes of at least 4 members (excludes halogenated alkanes) is 40. The highest BCUT2D eigenvalue weighted by Gasteiger charge is 2.19. The minimum absolute atomic E-state index is 0.0620. The molecule has 0 amide bonds. The van der Waals surface area contributed by atoms with E-state index in [9.17, 15) is 14.4 Å². The maximum absolute atomic E-state index is 12.8. The molecule has 0 aromatic rings. The molecule has 362 valence electrons. The molecule has 6 heteroatoms. The molecule has 61 heavy (non-hydrogen) atoms. The fourth-order valence-corrected chi connectivity index (χ4v) is 8.45. The van der Waals surface area contributed by atoms with Crippen LogP contribution in [0.15, 0.2) is 0 Å². The molecule has 0 rings (SSSR count). The molecule has 0 saturated carbocycles. The van der Waals surface area contributed by atoms with Gasteiger partial charge in [-0.3, -0.25) is 14.4 Å². The Morgan fingerprint density at radius 1 is 0.262 bits per heavy atom. The lowest BCUT2D eigenvalue weighted by atomic mass is 10.0. The first-order valence-corrected chi connectivity index (χ1v) is 27.5. The summed E-state index contributed by atoms with van der Waals surface area (Å²) in [6.07, 6.45) is 55.4. The maximum atomic E-state index is 12.8. The molecular formula is C55H106O6. The Morgan fingerprint density at radius 2 is 0.443 bits per heavy atom. The van der Waals surface area contributed by atoms with Crippen molar-refractivity contribution in [3.8, 4) is 0 Å². The van der Waals surface area contributed by atoms with Crippen LogP contribution < -0.4 is 0 Å². The van der Waals surface area contributed by atoms with Gasteiger partial charge in [0.25, 0.3) is 0 Å². The van der Waals surface area contributed by atoms with Gasteiger partial charge in [0, 0.05) is 19.3 Å². The van der Waals surface area contributed by atoms with Crippen molar-refractivity contribution in [2.75, 3.05) is 13.2 Å². The molecule has 0 N–H and O–H groups in total. The summed E-state index contributed by atoms with van der Waals surface area (Å²) in [5.41, 5.74) is 0. The van der Waals surface area contributed by atoms with E-state index in [-0.39, 0.29) is 31.1 Å². The summed E-state index contributed by atoms with van der Waals surface area (Å²) in [4.78, 5) is 37.9. The van der Waals surface area contributed by atoms with Gasteiger partial charge in [0.05, 0.1) is 0 Å². The van der Waals surface area contributed by atoms with Crippen LogP contribution in [0, 0.1) is 0 Å². The standard InChI is InChI=1S/C55H106O6/c1-4-7-10-13-16-18-20-22-24-26-27-29-30-32-34-36-39-42-45-48-54(57)60-51-52(50-59-53(56)47-44-41-38-15-12-9-6-3)61-55(58)49-46-43-40-37-35-33-31-28-25-23-21-19-17-14-11-8-5-2/h52H,4-51H2,1-3H3/t52-/m0/s1. The smallest absolute Gasteiger partial charge is 0.306 e. The van der Waals surface area contributed by atoms with Crippen molar-refractivity contribution in [1.82, 2.24) is 0 Å². The fraction of sp³-hybridized carbons (Fsp3) is 0.945. The average molecular weight is 863 g/mol. The Balaban J connectivity index is 4.15. The third-order valence-electron chi connectivity index (χ3n) is 12.6.